The fourth-order valence-electron chi connectivity index (χ4n) is 2.54. The largest absolute Gasteiger partial charge is 0.423 e. The molecule has 0 saturated carbocycles. The topological polar surface area (TPSA) is 52.6 Å². The highest BCUT2D eigenvalue weighted by atomic mass is 19.1. The molecular formula is C28H17FO4. The Morgan fingerprint density at radius 1 is 0.697 bits per heavy atom. The van der Waals surface area contributed by atoms with E-state index in [1.165, 1.54) is 6.07 Å². The fourth-order valence-corrected chi connectivity index (χ4v) is 2.54. The number of hydrogen-bond acceptors (Lipinski definition) is 4. The van der Waals surface area contributed by atoms with Gasteiger partial charge in [0.25, 0.3) is 0 Å². The van der Waals surface area contributed by atoms with Gasteiger partial charge in [-0.25, -0.2) is 14.0 Å². The maximum atomic E-state index is 14.5. The van der Waals surface area contributed by atoms with E-state index in [9.17, 15) is 14.0 Å². The van der Waals surface area contributed by atoms with Gasteiger partial charge in [0, 0.05) is 28.8 Å². The first-order valence-corrected chi connectivity index (χ1v) is 9.69. The van der Waals surface area contributed by atoms with Gasteiger partial charge in [0.05, 0.1) is 5.56 Å². The smallest absolute Gasteiger partial charge is 0.335 e. The summed E-state index contributed by atoms with van der Waals surface area (Å²) in [6.07, 6.45) is 2.14. The Morgan fingerprint density at radius 3 is 1.94 bits per heavy atom. The minimum atomic E-state index is -0.574. The van der Waals surface area contributed by atoms with Crippen molar-refractivity contribution in [2.45, 2.75) is 0 Å². The van der Waals surface area contributed by atoms with Gasteiger partial charge in [-0.2, -0.15) is 0 Å². The first-order chi connectivity index (χ1) is 16.0. The second-order valence-corrected chi connectivity index (χ2v) is 6.50. The summed E-state index contributed by atoms with van der Waals surface area (Å²) >= 11 is 0. The summed E-state index contributed by atoms with van der Waals surface area (Å²) in [5.41, 5.74) is 1.94. The Bertz CT molecular complexity index is 1350. The van der Waals surface area contributed by atoms with Crippen LogP contribution < -0.4 is 9.47 Å². The van der Waals surface area contributed by atoms with Crippen molar-refractivity contribution in [3.05, 3.63) is 120 Å². The lowest BCUT2D eigenvalue weighted by Crippen LogP contribution is -2.02. The Labute approximate surface area is 191 Å². The molecule has 0 radical (unpaired) electrons. The van der Waals surface area contributed by atoms with Crippen LogP contribution in [0.2, 0.25) is 0 Å². The first-order valence-electron chi connectivity index (χ1n) is 9.69. The molecule has 3 rings (SSSR count). The molecule has 5 heteroatoms. The van der Waals surface area contributed by atoms with Crippen LogP contribution in [-0.4, -0.2) is 11.9 Å². The van der Waals surface area contributed by atoms with E-state index in [-0.39, 0.29) is 5.56 Å². The van der Waals surface area contributed by atoms with Gasteiger partial charge >= 0.3 is 11.9 Å². The van der Waals surface area contributed by atoms with E-state index >= 15 is 0 Å². The Hall–Kier alpha value is -4.87. The zero-order valence-corrected chi connectivity index (χ0v) is 17.4. The van der Waals surface area contributed by atoms with Crippen LogP contribution in [0.3, 0.4) is 0 Å². The van der Waals surface area contributed by atoms with Gasteiger partial charge in [-0.05, 0) is 60.7 Å². The van der Waals surface area contributed by atoms with E-state index < -0.39 is 17.8 Å². The molecule has 3 aromatic carbocycles. The Kier molecular flexibility index (Phi) is 7.57. The van der Waals surface area contributed by atoms with Crippen LogP contribution in [0.15, 0.2) is 92.0 Å². The molecule has 0 saturated heterocycles. The van der Waals surface area contributed by atoms with Gasteiger partial charge in [0.2, 0.25) is 0 Å². The van der Waals surface area contributed by atoms with Gasteiger partial charge in [-0.1, -0.05) is 42.9 Å². The number of hydrogen-bond donors (Lipinski definition) is 0. The molecule has 3 aromatic rings. The zero-order valence-electron chi connectivity index (χ0n) is 17.4. The van der Waals surface area contributed by atoms with E-state index in [1.807, 2.05) is 0 Å². The normalized spacial score (nSPS) is 9.36. The highest BCUT2D eigenvalue weighted by Gasteiger charge is 2.02. The molecule has 33 heavy (non-hydrogen) atoms. The number of halogens is 1. The Balaban J connectivity index is 1.71. The predicted octanol–water partition coefficient (Wildman–Crippen LogP) is 4.81. The molecule has 0 aliphatic heterocycles. The molecule has 0 aliphatic rings. The SMILES string of the molecule is C=CC(=O)Oc1ccc(C#Cc2ccc(C#Cc3cccc(OC(=O)C=C)c3)c(F)c2)cc1. The first kappa shape index (κ1) is 22.8. The number of carbonyl (C=O) groups excluding carboxylic acids is 2. The molecule has 0 spiro atoms. The fraction of sp³-hybridized carbons (Fsp3) is 0. The standard InChI is InChI=1S/C28H17FO4/c1-3-27(30)32-24-16-12-20(13-17-24)8-9-22-11-15-23(26(29)19-22)14-10-21-6-5-7-25(18-21)33-28(31)4-2/h3-7,11-13,15-19H,1-2H2. The molecule has 0 heterocycles. The lowest BCUT2D eigenvalue weighted by atomic mass is 10.1. The summed E-state index contributed by atoms with van der Waals surface area (Å²) in [7, 11) is 0. The summed E-state index contributed by atoms with van der Waals surface area (Å²) in [6.45, 7) is 6.68. The van der Waals surface area contributed by atoms with Gasteiger partial charge in [-0.3, -0.25) is 0 Å². The van der Waals surface area contributed by atoms with Crippen molar-refractivity contribution < 1.29 is 23.5 Å². The monoisotopic (exact) mass is 436 g/mol. The van der Waals surface area contributed by atoms with Crippen LogP contribution in [0.1, 0.15) is 22.3 Å². The maximum Gasteiger partial charge on any atom is 0.335 e. The number of esters is 2. The number of ether oxygens (including phenoxy) is 2. The van der Waals surface area contributed by atoms with Gasteiger partial charge in [-0.15, -0.1) is 0 Å². The highest BCUT2D eigenvalue weighted by molar-refractivity contribution is 5.83. The van der Waals surface area contributed by atoms with Gasteiger partial charge < -0.3 is 9.47 Å². The van der Waals surface area contributed by atoms with Crippen molar-refractivity contribution in [1.29, 1.82) is 0 Å². The van der Waals surface area contributed by atoms with Gasteiger partial charge in [0.1, 0.15) is 17.3 Å². The number of rotatable bonds is 4. The second kappa shape index (κ2) is 10.9. The van der Waals surface area contributed by atoms with E-state index in [0.717, 1.165) is 12.2 Å². The van der Waals surface area contributed by atoms with Crippen LogP contribution >= 0.6 is 0 Å². The molecule has 0 amide bonds. The van der Waals surface area contributed by atoms with Crippen LogP contribution in [0.5, 0.6) is 11.5 Å². The molecule has 0 atom stereocenters. The predicted molar refractivity (Wildman–Crippen MR) is 123 cm³/mol. The molecule has 0 aromatic heterocycles. The van der Waals surface area contributed by atoms with E-state index in [1.54, 1.807) is 60.7 Å². The zero-order chi connectivity index (χ0) is 23.6. The molecule has 0 bridgehead atoms. The molecular weight excluding hydrogens is 419 g/mol. The summed E-state index contributed by atoms with van der Waals surface area (Å²) in [6, 6.07) is 17.7. The van der Waals surface area contributed by atoms with Crippen LogP contribution in [0.4, 0.5) is 4.39 Å². The van der Waals surface area contributed by atoms with Crippen LogP contribution in [0.25, 0.3) is 0 Å². The third-order valence-corrected chi connectivity index (χ3v) is 4.12. The minimum absolute atomic E-state index is 0.211. The average Bonchev–Trinajstić information content (AvgIpc) is 2.83. The molecule has 0 fully saturated rings. The van der Waals surface area contributed by atoms with Crippen molar-refractivity contribution in [3.8, 4) is 35.2 Å². The van der Waals surface area contributed by atoms with Crippen molar-refractivity contribution >= 4 is 11.9 Å². The van der Waals surface area contributed by atoms with Crippen molar-refractivity contribution in [3.63, 3.8) is 0 Å². The summed E-state index contributed by atoms with van der Waals surface area (Å²) in [5.74, 6) is 10.5. The summed E-state index contributed by atoms with van der Waals surface area (Å²) in [5, 5.41) is 0. The van der Waals surface area contributed by atoms with Crippen LogP contribution in [0, 0.1) is 29.5 Å². The molecule has 0 aliphatic carbocycles. The maximum absolute atomic E-state index is 14.5. The lowest BCUT2D eigenvalue weighted by molar-refractivity contribution is -0.129. The van der Waals surface area contributed by atoms with Crippen LogP contribution in [-0.2, 0) is 9.59 Å². The third kappa shape index (κ3) is 6.82. The van der Waals surface area contributed by atoms with E-state index in [0.29, 0.717) is 28.2 Å². The number of carbonyl (C=O) groups is 2. The van der Waals surface area contributed by atoms with Gasteiger partial charge in [0.15, 0.2) is 0 Å². The quantitative estimate of drug-likeness (QED) is 0.255. The lowest BCUT2D eigenvalue weighted by Gasteiger charge is -2.01. The second-order valence-electron chi connectivity index (χ2n) is 6.50. The average molecular weight is 436 g/mol. The summed E-state index contributed by atoms with van der Waals surface area (Å²) < 4.78 is 24.5. The van der Waals surface area contributed by atoms with Crippen molar-refractivity contribution in [2.24, 2.45) is 0 Å². The minimum Gasteiger partial charge on any atom is -0.423 e. The number of benzene rings is 3. The van der Waals surface area contributed by atoms with Crippen molar-refractivity contribution in [2.75, 3.05) is 0 Å². The van der Waals surface area contributed by atoms with Crippen molar-refractivity contribution in [1.82, 2.24) is 0 Å². The molecule has 0 unspecified atom stereocenters. The Morgan fingerprint density at radius 2 is 1.27 bits per heavy atom. The molecule has 4 nitrogen and oxygen atoms in total. The van der Waals surface area contributed by atoms with E-state index in [2.05, 4.69) is 36.8 Å². The van der Waals surface area contributed by atoms with E-state index in [4.69, 9.17) is 9.47 Å². The summed E-state index contributed by atoms with van der Waals surface area (Å²) in [4.78, 5) is 22.5. The highest BCUT2D eigenvalue weighted by Crippen LogP contribution is 2.15. The molecule has 160 valence electrons. The third-order valence-electron chi connectivity index (χ3n) is 4.12. The molecule has 0 N–H and O–H groups in total.